The lowest BCUT2D eigenvalue weighted by Gasteiger charge is -2.40. The summed E-state index contributed by atoms with van der Waals surface area (Å²) in [5, 5.41) is 3.75. The van der Waals surface area contributed by atoms with Gasteiger partial charge in [0, 0.05) is 22.3 Å². The van der Waals surface area contributed by atoms with Gasteiger partial charge in [-0.1, -0.05) is 91.8 Å². The van der Waals surface area contributed by atoms with Crippen LogP contribution >= 0.6 is 0 Å². The van der Waals surface area contributed by atoms with Gasteiger partial charge in [0.05, 0.1) is 6.54 Å². The number of nitrogens with zero attached hydrogens (tertiary/aromatic N) is 1. The normalized spacial score (nSPS) is 16.6. The number of para-hydroxylation sites is 2. The number of rotatable bonds is 6. The molecule has 29 heavy (non-hydrogen) atoms. The molecule has 0 bridgehead atoms. The van der Waals surface area contributed by atoms with Crippen molar-refractivity contribution in [2.45, 2.75) is 79.1 Å². The first kappa shape index (κ1) is 22.1. The van der Waals surface area contributed by atoms with E-state index in [9.17, 15) is 0 Å². The number of nitrogens with one attached hydrogen (secondary N) is 1. The van der Waals surface area contributed by atoms with Crippen molar-refractivity contribution in [1.82, 2.24) is 9.80 Å². The number of benzene rings is 2. The highest BCUT2D eigenvalue weighted by atomic mass is 15.5. The summed E-state index contributed by atoms with van der Waals surface area (Å²) >= 11 is 0. The van der Waals surface area contributed by atoms with E-state index in [1.54, 1.807) is 11.4 Å². The van der Waals surface area contributed by atoms with E-state index in [0.29, 0.717) is 23.7 Å². The lowest BCUT2D eigenvalue weighted by atomic mass is 9.86. The first-order valence-electron chi connectivity index (χ1n) is 11.5. The minimum absolute atomic E-state index is 0.507. The highest BCUT2D eigenvalue weighted by molar-refractivity contribution is 5.73. The highest BCUT2D eigenvalue weighted by Gasteiger charge is 2.44. The molecule has 0 unspecified atom stereocenters. The zero-order chi connectivity index (χ0) is 21.3. The Hall–Kier alpha value is -1.64. The summed E-state index contributed by atoms with van der Waals surface area (Å²) in [6.07, 6.45) is 0. The summed E-state index contributed by atoms with van der Waals surface area (Å²) in [5.74, 6) is 2.03. The van der Waals surface area contributed by atoms with E-state index in [1.165, 1.54) is 22.3 Å². The van der Waals surface area contributed by atoms with Crippen molar-refractivity contribution in [2.75, 3.05) is 19.8 Å². The van der Waals surface area contributed by atoms with Crippen LogP contribution < -0.4 is 9.80 Å². The van der Waals surface area contributed by atoms with Crippen LogP contribution in [0.5, 0.6) is 0 Å². The van der Waals surface area contributed by atoms with Crippen LogP contribution in [0.15, 0.2) is 36.4 Å². The van der Waals surface area contributed by atoms with Crippen LogP contribution in [-0.2, 0) is 0 Å². The van der Waals surface area contributed by atoms with Crippen LogP contribution in [-0.4, -0.2) is 19.8 Å². The third kappa shape index (κ3) is 3.90. The molecule has 1 aliphatic heterocycles. The molecule has 0 saturated carbocycles. The minimum Gasteiger partial charge on any atom is -0.264 e. The molecule has 2 heteroatoms. The van der Waals surface area contributed by atoms with E-state index in [-0.39, 0.29) is 0 Å². The van der Waals surface area contributed by atoms with Crippen molar-refractivity contribution in [3.8, 4) is 0 Å². The molecule has 0 aromatic heterocycles. The average Bonchev–Trinajstić information content (AvgIpc) is 3.17. The lowest BCUT2D eigenvalue weighted by molar-refractivity contribution is 0.440. The summed E-state index contributed by atoms with van der Waals surface area (Å²) < 4.78 is 0.948. The van der Waals surface area contributed by atoms with Crippen molar-refractivity contribution in [3.05, 3.63) is 58.7 Å². The van der Waals surface area contributed by atoms with Gasteiger partial charge in [0.1, 0.15) is 24.6 Å². The Morgan fingerprint density at radius 2 is 0.966 bits per heavy atom. The maximum Gasteiger partial charge on any atom is 0.146 e. The molecule has 0 amide bonds. The van der Waals surface area contributed by atoms with E-state index < -0.39 is 0 Å². The van der Waals surface area contributed by atoms with Crippen LogP contribution in [0.2, 0.25) is 0 Å². The number of hydrogen-bond acceptors (Lipinski definition) is 1. The molecule has 1 aliphatic rings. The molecule has 0 atom stereocenters. The SMILES string of the molecule is CC(C)c1cccc(C(C)C)c1[N+]1(c2c(C(C)C)cccc2C(C)C)CCNC1. The first-order valence-corrected chi connectivity index (χ1v) is 11.5. The van der Waals surface area contributed by atoms with Crippen LogP contribution in [0.1, 0.15) is 101 Å². The Morgan fingerprint density at radius 1 is 0.621 bits per heavy atom. The molecule has 1 saturated heterocycles. The van der Waals surface area contributed by atoms with E-state index in [1.807, 2.05) is 0 Å². The predicted octanol–water partition coefficient (Wildman–Crippen LogP) is 7.38. The summed E-state index contributed by atoms with van der Waals surface area (Å²) in [4.78, 5) is 0. The number of hydrogen-bond donors (Lipinski definition) is 1. The van der Waals surface area contributed by atoms with Crippen LogP contribution in [0.25, 0.3) is 0 Å². The standard InChI is InChI=1S/C27H41N2/c1-18(2)22-11-9-12-23(19(3)4)26(22)29(16-15-28-17-29)27-24(20(5)6)13-10-14-25(27)21(7)8/h9-14,18-21,28H,15-17H2,1-8H3/q+1. The van der Waals surface area contributed by atoms with Crippen LogP contribution in [0.4, 0.5) is 11.4 Å². The van der Waals surface area contributed by atoms with Gasteiger partial charge in [-0.15, -0.1) is 0 Å². The third-order valence-electron chi connectivity index (χ3n) is 6.59. The smallest absolute Gasteiger partial charge is 0.146 e. The molecule has 3 rings (SSSR count). The van der Waals surface area contributed by atoms with E-state index in [0.717, 1.165) is 24.2 Å². The molecule has 0 radical (unpaired) electrons. The van der Waals surface area contributed by atoms with E-state index in [4.69, 9.17) is 0 Å². The fraction of sp³-hybridized carbons (Fsp3) is 0.556. The van der Waals surface area contributed by atoms with Gasteiger partial charge < -0.3 is 0 Å². The molecule has 2 aromatic carbocycles. The lowest BCUT2D eigenvalue weighted by Crippen LogP contribution is -2.46. The molecule has 0 spiro atoms. The Bertz CT molecular complexity index is 722. The molecule has 2 nitrogen and oxygen atoms in total. The second kappa shape index (κ2) is 8.62. The van der Waals surface area contributed by atoms with Crippen molar-refractivity contribution in [3.63, 3.8) is 0 Å². The van der Waals surface area contributed by atoms with Gasteiger partial charge >= 0.3 is 0 Å². The molecular weight excluding hydrogens is 352 g/mol. The molecule has 2 aromatic rings. The fourth-order valence-corrected chi connectivity index (χ4v) is 5.12. The summed E-state index contributed by atoms with van der Waals surface area (Å²) in [6.45, 7) is 21.9. The van der Waals surface area contributed by atoms with Gasteiger partial charge in [-0.3, -0.25) is 5.32 Å². The zero-order valence-electron chi connectivity index (χ0n) is 19.8. The topological polar surface area (TPSA) is 12.0 Å². The Labute approximate surface area is 178 Å². The van der Waals surface area contributed by atoms with Gasteiger partial charge in [-0.05, 0) is 23.7 Å². The second-order valence-electron chi connectivity index (χ2n) is 10.0. The largest absolute Gasteiger partial charge is 0.264 e. The molecule has 158 valence electrons. The van der Waals surface area contributed by atoms with Gasteiger partial charge in [0.2, 0.25) is 0 Å². The zero-order valence-corrected chi connectivity index (χ0v) is 19.8. The average molecular weight is 394 g/mol. The Balaban J connectivity index is 2.45. The summed E-state index contributed by atoms with van der Waals surface area (Å²) in [7, 11) is 0. The molecule has 1 fully saturated rings. The fourth-order valence-electron chi connectivity index (χ4n) is 5.12. The predicted molar refractivity (Wildman–Crippen MR) is 128 cm³/mol. The number of quaternary nitrogens is 1. The minimum atomic E-state index is 0.507. The van der Waals surface area contributed by atoms with Crippen molar-refractivity contribution in [1.29, 1.82) is 0 Å². The van der Waals surface area contributed by atoms with Crippen molar-refractivity contribution >= 4 is 11.4 Å². The maximum absolute atomic E-state index is 3.75. The Kier molecular flexibility index (Phi) is 6.55. The van der Waals surface area contributed by atoms with Crippen molar-refractivity contribution < 1.29 is 0 Å². The molecule has 0 aliphatic carbocycles. The first-order chi connectivity index (χ1) is 13.7. The van der Waals surface area contributed by atoms with Gasteiger partial charge in [0.15, 0.2) is 0 Å². The molecular formula is C27H41N2+. The van der Waals surface area contributed by atoms with Crippen LogP contribution in [0, 0.1) is 0 Å². The van der Waals surface area contributed by atoms with Gasteiger partial charge in [-0.25, -0.2) is 4.48 Å². The molecule has 1 heterocycles. The monoisotopic (exact) mass is 393 g/mol. The van der Waals surface area contributed by atoms with Crippen LogP contribution in [0.3, 0.4) is 0 Å². The highest BCUT2D eigenvalue weighted by Crippen LogP contribution is 2.49. The van der Waals surface area contributed by atoms with E-state index >= 15 is 0 Å². The van der Waals surface area contributed by atoms with Crippen molar-refractivity contribution in [2.24, 2.45) is 0 Å². The van der Waals surface area contributed by atoms with Gasteiger partial charge in [0.25, 0.3) is 0 Å². The Morgan fingerprint density at radius 3 is 1.21 bits per heavy atom. The quantitative estimate of drug-likeness (QED) is 0.505. The maximum atomic E-state index is 3.75. The summed E-state index contributed by atoms with van der Waals surface area (Å²) in [6, 6.07) is 14.0. The third-order valence-corrected chi connectivity index (χ3v) is 6.59. The summed E-state index contributed by atoms with van der Waals surface area (Å²) in [5.41, 5.74) is 9.14. The van der Waals surface area contributed by atoms with Gasteiger partial charge in [-0.2, -0.15) is 0 Å². The van der Waals surface area contributed by atoms with E-state index in [2.05, 4.69) is 97.1 Å². The molecule has 1 N–H and O–H groups in total. The second-order valence-corrected chi connectivity index (χ2v) is 10.0.